The topological polar surface area (TPSA) is 70.7 Å². The summed E-state index contributed by atoms with van der Waals surface area (Å²) in [6.45, 7) is 7.46. The lowest BCUT2D eigenvalue weighted by molar-refractivity contribution is -0.110. The standard InChI is InChI=1S/C26H31N3O3/c1-3-22(27-20-11-8-18(9-12-20)17-29-14-6-5-7-15-29)24-21-13-10-19(26(31)32-4-2)16-23(21)28-25(24)30/h8-13,16,27H,3-7,14-15,17H2,1-2H3,(H,28,30)/b24-22-. The zero-order chi connectivity index (χ0) is 22.5. The number of allylic oxidation sites excluding steroid dienone is 1. The van der Waals surface area contributed by atoms with Crippen molar-refractivity contribution in [2.24, 2.45) is 0 Å². The van der Waals surface area contributed by atoms with Crippen molar-refractivity contribution in [1.29, 1.82) is 0 Å². The van der Waals surface area contributed by atoms with Crippen molar-refractivity contribution in [3.63, 3.8) is 0 Å². The monoisotopic (exact) mass is 433 g/mol. The minimum atomic E-state index is -0.388. The Morgan fingerprint density at radius 2 is 1.81 bits per heavy atom. The van der Waals surface area contributed by atoms with Crippen molar-refractivity contribution < 1.29 is 14.3 Å². The van der Waals surface area contributed by atoms with Crippen molar-refractivity contribution in [2.45, 2.75) is 46.1 Å². The van der Waals surface area contributed by atoms with Gasteiger partial charge in [-0.1, -0.05) is 31.5 Å². The Bertz CT molecular complexity index is 1020. The van der Waals surface area contributed by atoms with Crippen LogP contribution >= 0.6 is 0 Å². The fourth-order valence-electron chi connectivity index (χ4n) is 4.38. The molecule has 2 aromatic carbocycles. The van der Waals surface area contributed by atoms with Gasteiger partial charge < -0.3 is 15.4 Å². The average Bonchev–Trinajstić information content (AvgIpc) is 3.14. The molecule has 2 aliphatic rings. The maximum absolute atomic E-state index is 12.8. The molecule has 168 valence electrons. The Hall–Kier alpha value is -3.12. The number of ether oxygens (including phenoxy) is 1. The molecule has 1 amide bonds. The van der Waals surface area contributed by atoms with Gasteiger partial charge in [0.15, 0.2) is 0 Å². The van der Waals surface area contributed by atoms with Crippen LogP contribution in [0.15, 0.2) is 48.2 Å². The van der Waals surface area contributed by atoms with Gasteiger partial charge in [0.25, 0.3) is 5.91 Å². The van der Waals surface area contributed by atoms with Crippen molar-refractivity contribution in [1.82, 2.24) is 4.90 Å². The Labute approximate surface area is 189 Å². The summed E-state index contributed by atoms with van der Waals surface area (Å²) < 4.78 is 5.07. The van der Waals surface area contributed by atoms with E-state index >= 15 is 0 Å². The molecule has 2 N–H and O–H groups in total. The van der Waals surface area contributed by atoms with Crippen LogP contribution in [-0.2, 0) is 16.1 Å². The molecule has 1 saturated heterocycles. The van der Waals surface area contributed by atoms with E-state index < -0.39 is 0 Å². The largest absolute Gasteiger partial charge is 0.462 e. The molecule has 6 nitrogen and oxygen atoms in total. The van der Waals surface area contributed by atoms with Gasteiger partial charge in [-0.25, -0.2) is 4.79 Å². The molecule has 0 saturated carbocycles. The van der Waals surface area contributed by atoms with Gasteiger partial charge in [-0.3, -0.25) is 9.69 Å². The summed E-state index contributed by atoms with van der Waals surface area (Å²) in [5.41, 5.74) is 5.61. The van der Waals surface area contributed by atoms with Gasteiger partial charge in [0.1, 0.15) is 0 Å². The highest BCUT2D eigenvalue weighted by molar-refractivity contribution is 6.32. The molecule has 0 spiro atoms. The molecule has 32 heavy (non-hydrogen) atoms. The highest BCUT2D eigenvalue weighted by atomic mass is 16.5. The number of nitrogens with zero attached hydrogens (tertiary/aromatic N) is 1. The molecule has 2 aliphatic heterocycles. The first-order chi connectivity index (χ1) is 15.6. The number of esters is 1. The van der Waals surface area contributed by atoms with E-state index in [1.807, 2.05) is 13.0 Å². The molecule has 0 unspecified atom stereocenters. The van der Waals surface area contributed by atoms with Crippen LogP contribution in [0.5, 0.6) is 0 Å². The van der Waals surface area contributed by atoms with Crippen molar-refractivity contribution in [3.8, 4) is 0 Å². The Morgan fingerprint density at radius 1 is 1.06 bits per heavy atom. The summed E-state index contributed by atoms with van der Waals surface area (Å²) in [5, 5.41) is 6.33. The number of rotatable bonds is 7. The summed E-state index contributed by atoms with van der Waals surface area (Å²) in [6, 6.07) is 13.7. The molecule has 0 radical (unpaired) electrons. The predicted molar refractivity (Wildman–Crippen MR) is 127 cm³/mol. The molecule has 0 atom stereocenters. The van der Waals surface area contributed by atoms with Crippen LogP contribution in [0, 0.1) is 0 Å². The Morgan fingerprint density at radius 3 is 2.50 bits per heavy atom. The fourth-order valence-corrected chi connectivity index (χ4v) is 4.38. The lowest BCUT2D eigenvalue weighted by Gasteiger charge is -2.26. The average molecular weight is 434 g/mol. The second-order valence-electron chi connectivity index (χ2n) is 8.30. The lowest BCUT2D eigenvalue weighted by atomic mass is 10.0. The number of hydrogen-bond donors (Lipinski definition) is 2. The summed E-state index contributed by atoms with van der Waals surface area (Å²) in [7, 11) is 0. The molecule has 2 aromatic rings. The number of nitrogens with one attached hydrogen (secondary N) is 2. The number of carbonyl (C=O) groups is 2. The van der Waals surface area contributed by atoms with Gasteiger partial charge in [-0.15, -0.1) is 0 Å². The van der Waals surface area contributed by atoms with E-state index in [1.54, 1.807) is 19.1 Å². The Kier molecular flexibility index (Phi) is 6.90. The van der Waals surface area contributed by atoms with Gasteiger partial charge in [0.05, 0.1) is 23.4 Å². The maximum atomic E-state index is 12.8. The normalized spacial score (nSPS) is 17.5. The fraction of sp³-hybridized carbons (Fsp3) is 0.385. The predicted octanol–water partition coefficient (Wildman–Crippen LogP) is 5.03. The first kappa shape index (κ1) is 22.1. The molecule has 0 aliphatic carbocycles. The van der Waals surface area contributed by atoms with E-state index in [0.29, 0.717) is 29.9 Å². The minimum absolute atomic E-state index is 0.160. The van der Waals surface area contributed by atoms with Crippen LogP contribution in [-0.4, -0.2) is 36.5 Å². The molecule has 6 heteroatoms. The third kappa shape index (κ3) is 4.86. The highest BCUT2D eigenvalue weighted by Crippen LogP contribution is 2.36. The number of likely N-dealkylation sites (tertiary alicyclic amines) is 1. The molecule has 1 fully saturated rings. The number of benzene rings is 2. The van der Waals surface area contributed by atoms with E-state index in [-0.39, 0.29) is 11.9 Å². The van der Waals surface area contributed by atoms with E-state index in [4.69, 9.17) is 4.74 Å². The zero-order valence-electron chi connectivity index (χ0n) is 18.9. The Balaban J connectivity index is 1.52. The molecule has 4 rings (SSSR count). The van der Waals surface area contributed by atoms with Gasteiger partial charge in [-0.2, -0.15) is 0 Å². The van der Waals surface area contributed by atoms with Crippen molar-refractivity contribution >= 4 is 28.8 Å². The maximum Gasteiger partial charge on any atom is 0.338 e. The van der Waals surface area contributed by atoms with E-state index in [2.05, 4.69) is 39.8 Å². The summed E-state index contributed by atoms with van der Waals surface area (Å²) >= 11 is 0. The van der Waals surface area contributed by atoms with Crippen molar-refractivity contribution in [3.05, 3.63) is 64.9 Å². The van der Waals surface area contributed by atoms with Crippen LogP contribution in [0.25, 0.3) is 5.57 Å². The van der Waals surface area contributed by atoms with Crippen LogP contribution in [0.3, 0.4) is 0 Å². The van der Waals surface area contributed by atoms with Crippen molar-refractivity contribution in [2.75, 3.05) is 30.3 Å². The third-order valence-electron chi connectivity index (χ3n) is 6.03. The summed E-state index contributed by atoms with van der Waals surface area (Å²) in [5.74, 6) is -0.549. The van der Waals surface area contributed by atoms with Gasteiger partial charge >= 0.3 is 5.97 Å². The van der Waals surface area contributed by atoms with Gasteiger partial charge in [0, 0.05) is 23.5 Å². The van der Waals surface area contributed by atoms with E-state index in [1.165, 1.54) is 37.9 Å². The molecular formula is C26H31N3O3. The molecule has 0 aromatic heterocycles. The van der Waals surface area contributed by atoms with Gasteiger partial charge in [-0.05, 0) is 69.1 Å². The van der Waals surface area contributed by atoms with Crippen LogP contribution in [0.4, 0.5) is 11.4 Å². The SMILES string of the molecule is CCOC(=O)c1ccc2c(c1)NC(=O)/C2=C(/CC)Nc1ccc(CN2CCCCC2)cc1. The third-order valence-corrected chi connectivity index (χ3v) is 6.03. The highest BCUT2D eigenvalue weighted by Gasteiger charge is 2.28. The smallest absolute Gasteiger partial charge is 0.338 e. The molecule has 0 bridgehead atoms. The summed E-state index contributed by atoms with van der Waals surface area (Å²) in [6.07, 6.45) is 4.60. The first-order valence-electron chi connectivity index (χ1n) is 11.5. The quantitative estimate of drug-likeness (QED) is 0.473. The van der Waals surface area contributed by atoms with E-state index in [0.717, 1.165) is 23.5 Å². The molecule has 2 heterocycles. The van der Waals surface area contributed by atoms with Gasteiger partial charge in [0.2, 0.25) is 0 Å². The number of carbonyl (C=O) groups excluding carboxylic acids is 2. The van der Waals surface area contributed by atoms with Crippen LogP contribution in [0.1, 0.15) is 61.0 Å². The lowest BCUT2D eigenvalue weighted by Crippen LogP contribution is -2.29. The zero-order valence-corrected chi connectivity index (χ0v) is 18.9. The minimum Gasteiger partial charge on any atom is -0.462 e. The number of piperidine rings is 1. The first-order valence-corrected chi connectivity index (χ1v) is 11.5. The molecular weight excluding hydrogens is 402 g/mol. The number of hydrogen-bond acceptors (Lipinski definition) is 5. The van der Waals surface area contributed by atoms with Crippen LogP contribution < -0.4 is 10.6 Å². The number of amides is 1. The van der Waals surface area contributed by atoms with Crippen LogP contribution in [0.2, 0.25) is 0 Å². The number of anilines is 2. The second kappa shape index (κ2) is 10.0. The number of fused-ring (bicyclic) bond motifs is 1. The summed E-state index contributed by atoms with van der Waals surface area (Å²) in [4.78, 5) is 27.3. The second-order valence-corrected chi connectivity index (χ2v) is 8.30. The van der Waals surface area contributed by atoms with E-state index in [9.17, 15) is 9.59 Å².